The monoisotopic (exact) mass is 359 g/mol. The van der Waals surface area contributed by atoms with Gasteiger partial charge in [0.25, 0.3) is 0 Å². The van der Waals surface area contributed by atoms with Gasteiger partial charge in [0, 0.05) is 19.3 Å². The highest BCUT2D eigenvalue weighted by Gasteiger charge is 2.27. The molecule has 0 unspecified atom stereocenters. The number of anilines is 1. The van der Waals surface area contributed by atoms with Crippen molar-refractivity contribution in [3.05, 3.63) is 36.3 Å². The molecular formula is C15H17N7O2S. The van der Waals surface area contributed by atoms with Crippen molar-refractivity contribution in [2.75, 3.05) is 18.4 Å². The first-order valence-corrected chi connectivity index (χ1v) is 9.27. The second-order valence-corrected chi connectivity index (χ2v) is 7.42. The van der Waals surface area contributed by atoms with Gasteiger partial charge in [-0.3, -0.25) is 0 Å². The van der Waals surface area contributed by atoms with Gasteiger partial charge in [-0.25, -0.2) is 8.42 Å². The third kappa shape index (κ3) is 3.67. The number of para-hydroxylation sites is 1. The fraction of sp³-hybridized carbons (Fsp3) is 0.333. The van der Waals surface area contributed by atoms with Crippen LogP contribution in [0.1, 0.15) is 25.1 Å². The maximum absolute atomic E-state index is 12.9. The average Bonchev–Trinajstić information content (AvgIpc) is 3.18. The lowest BCUT2D eigenvalue weighted by molar-refractivity contribution is 0.347. The van der Waals surface area contributed by atoms with Crippen molar-refractivity contribution in [3.63, 3.8) is 0 Å². The third-order valence-corrected chi connectivity index (χ3v) is 5.86. The molecule has 0 atom stereocenters. The van der Waals surface area contributed by atoms with Gasteiger partial charge >= 0.3 is 0 Å². The third-order valence-electron chi connectivity index (χ3n) is 3.90. The lowest BCUT2D eigenvalue weighted by Crippen LogP contribution is -2.35. The van der Waals surface area contributed by atoms with Crippen molar-refractivity contribution in [3.8, 4) is 6.07 Å². The van der Waals surface area contributed by atoms with E-state index < -0.39 is 10.0 Å². The van der Waals surface area contributed by atoms with Crippen LogP contribution in [0, 0.1) is 11.3 Å². The Labute approximate surface area is 145 Å². The zero-order valence-electron chi connectivity index (χ0n) is 13.4. The SMILES string of the molecule is N#CC(=CNc1ccccc1S(=O)(=O)N1CCCCC1)c1nn[nH]n1. The van der Waals surface area contributed by atoms with E-state index >= 15 is 0 Å². The molecule has 1 aromatic carbocycles. The van der Waals surface area contributed by atoms with E-state index in [2.05, 4.69) is 25.9 Å². The number of piperidine rings is 1. The van der Waals surface area contributed by atoms with Crippen molar-refractivity contribution in [1.82, 2.24) is 24.9 Å². The van der Waals surface area contributed by atoms with Gasteiger partial charge in [-0.05, 0) is 30.2 Å². The number of nitrogens with one attached hydrogen (secondary N) is 2. The minimum Gasteiger partial charge on any atom is -0.359 e. The Morgan fingerprint density at radius 1 is 1.28 bits per heavy atom. The van der Waals surface area contributed by atoms with Crippen LogP contribution in [-0.2, 0) is 10.0 Å². The minimum atomic E-state index is -3.59. The Balaban J connectivity index is 1.90. The van der Waals surface area contributed by atoms with E-state index in [1.807, 2.05) is 6.07 Å². The van der Waals surface area contributed by atoms with E-state index in [0.29, 0.717) is 18.8 Å². The summed E-state index contributed by atoms with van der Waals surface area (Å²) in [6.45, 7) is 1.05. The number of aromatic nitrogens is 4. The highest BCUT2D eigenvalue weighted by atomic mass is 32.2. The summed E-state index contributed by atoms with van der Waals surface area (Å²) < 4.78 is 27.3. The number of hydrogen-bond donors (Lipinski definition) is 2. The van der Waals surface area contributed by atoms with Gasteiger partial charge in [-0.15, -0.1) is 10.2 Å². The van der Waals surface area contributed by atoms with E-state index in [1.54, 1.807) is 24.3 Å². The van der Waals surface area contributed by atoms with Gasteiger partial charge in [0.2, 0.25) is 15.8 Å². The molecule has 2 heterocycles. The van der Waals surface area contributed by atoms with Crippen LogP contribution in [0.25, 0.3) is 5.57 Å². The Hall–Kier alpha value is -2.77. The maximum Gasteiger partial charge on any atom is 0.245 e. The van der Waals surface area contributed by atoms with Crippen LogP contribution in [0.5, 0.6) is 0 Å². The number of hydrogen-bond acceptors (Lipinski definition) is 7. The standard InChI is InChI=1S/C15H17N7O2S/c16-10-12(15-18-20-21-19-15)11-17-13-6-2-3-7-14(13)25(23,24)22-8-4-1-5-9-22/h2-3,6-7,11,17H,1,4-5,8-9H2,(H,18,19,20,21). The zero-order valence-corrected chi connectivity index (χ0v) is 14.2. The predicted molar refractivity (Wildman–Crippen MR) is 90.4 cm³/mol. The topological polar surface area (TPSA) is 128 Å². The van der Waals surface area contributed by atoms with E-state index in [-0.39, 0.29) is 16.3 Å². The lowest BCUT2D eigenvalue weighted by atomic mass is 10.2. The summed E-state index contributed by atoms with van der Waals surface area (Å²) >= 11 is 0. The zero-order chi connectivity index (χ0) is 17.7. The second kappa shape index (κ2) is 7.42. The number of nitrogens with zero attached hydrogens (tertiary/aromatic N) is 5. The summed E-state index contributed by atoms with van der Waals surface area (Å²) in [6.07, 6.45) is 4.15. The van der Waals surface area contributed by atoms with Crippen LogP contribution >= 0.6 is 0 Å². The average molecular weight is 359 g/mol. The molecule has 1 aromatic heterocycles. The predicted octanol–water partition coefficient (Wildman–Crippen LogP) is 1.35. The Kier molecular flexibility index (Phi) is 5.06. The van der Waals surface area contributed by atoms with Gasteiger partial charge in [0.1, 0.15) is 16.5 Å². The molecule has 9 nitrogen and oxygen atoms in total. The number of H-pyrrole nitrogens is 1. The molecule has 0 aliphatic carbocycles. The van der Waals surface area contributed by atoms with Crippen molar-refractivity contribution in [1.29, 1.82) is 5.26 Å². The number of tetrazole rings is 1. The molecule has 1 saturated heterocycles. The van der Waals surface area contributed by atoms with E-state index in [9.17, 15) is 13.7 Å². The highest BCUT2D eigenvalue weighted by Crippen LogP contribution is 2.27. The number of sulfonamides is 1. The van der Waals surface area contributed by atoms with Gasteiger partial charge in [-0.1, -0.05) is 18.6 Å². The van der Waals surface area contributed by atoms with Crippen LogP contribution in [0.3, 0.4) is 0 Å². The molecule has 10 heteroatoms. The number of rotatable bonds is 5. The van der Waals surface area contributed by atoms with Gasteiger partial charge in [-0.2, -0.15) is 14.8 Å². The molecule has 0 bridgehead atoms. The summed E-state index contributed by atoms with van der Waals surface area (Å²) in [7, 11) is -3.59. The molecule has 0 spiro atoms. The number of nitriles is 1. The molecule has 3 rings (SSSR count). The normalized spacial score (nSPS) is 16.4. The summed E-state index contributed by atoms with van der Waals surface area (Å²) in [5, 5.41) is 25.2. The molecule has 0 radical (unpaired) electrons. The number of benzene rings is 1. The first kappa shape index (κ1) is 17.1. The Morgan fingerprint density at radius 3 is 2.72 bits per heavy atom. The largest absolute Gasteiger partial charge is 0.359 e. The van der Waals surface area contributed by atoms with Crippen LogP contribution in [0.15, 0.2) is 35.4 Å². The van der Waals surface area contributed by atoms with Crippen LogP contribution in [0.4, 0.5) is 5.69 Å². The molecule has 2 N–H and O–H groups in total. The van der Waals surface area contributed by atoms with Gasteiger partial charge in [0.05, 0.1) is 5.69 Å². The first-order valence-electron chi connectivity index (χ1n) is 7.83. The molecule has 25 heavy (non-hydrogen) atoms. The molecule has 1 aliphatic rings. The van der Waals surface area contributed by atoms with Crippen molar-refractivity contribution >= 4 is 21.3 Å². The van der Waals surface area contributed by atoms with Crippen molar-refractivity contribution in [2.24, 2.45) is 0 Å². The second-order valence-electron chi connectivity index (χ2n) is 5.51. The quantitative estimate of drug-likeness (QED) is 0.771. The molecular weight excluding hydrogens is 342 g/mol. The summed E-state index contributed by atoms with van der Waals surface area (Å²) in [5.74, 6) is 0.131. The van der Waals surface area contributed by atoms with Gasteiger partial charge in [0.15, 0.2) is 0 Å². The molecule has 130 valence electrons. The van der Waals surface area contributed by atoms with E-state index in [1.165, 1.54) is 10.5 Å². The number of aromatic amines is 1. The summed E-state index contributed by atoms with van der Waals surface area (Å²) in [4.78, 5) is 0.179. The number of allylic oxidation sites excluding steroid dienone is 1. The van der Waals surface area contributed by atoms with Crippen LogP contribution < -0.4 is 5.32 Å². The molecule has 1 fully saturated rings. The maximum atomic E-state index is 12.9. The van der Waals surface area contributed by atoms with Crippen LogP contribution in [-0.4, -0.2) is 46.4 Å². The van der Waals surface area contributed by atoms with Crippen LogP contribution in [0.2, 0.25) is 0 Å². The fourth-order valence-electron chi connectivity index (χ4n) is 2.63. The van der Waals surface area contributed by atoms with Crippen molar-refractivity contribution < 1.29 is 8.42 Å². The van der Waals surface area contributed by atoms with Gasteiger partial charge < -0.3 is 5.32 Å². The van der Waals surface area contributed by atoms with E-state index in [4.69, 9.17) is 0 Å². The molecule has 0 amide bonds. The molecule has 2 aromatic rings. The Morgan fingerprint density at radius 2 is 2.04 bits per heavy atom. The molecule has 1 aliphatic heterocycles. The van der Waals surface area contributed by atoms with E-state index in [0.717, 1.165) is 19.3 Å². The summed E-state index contributed by atoms with van der Waals surface area (Å²) in [6, 6.07) is 8.56. The summed E-state index contributed by atoms with van der Waals surface area (Å²) in [5.41, 5.74) is 0.531. The van der Waals surface area contributed by atoms with Crippen molar-refractivity contribution in [2.45, 2.75) is 24.2 Å². The highest BCUT2D eigenvalue weighted by molar-refractivity contribution is 7.89. The minimum absolute atomic E-state index is 0.131. The Bertz CT molecular complexity index is 894. The lowest BCUT2D eigenvalue weighted by Gasteiger charge is -2.26. The first-order chi connectivity index (χ1) is 12.1. The fourth-order valence-corrected chi connectivity index (χ4v) is 4.30. The molecule has 0 saturated carbocycles. The smallest absolute Gasteiger partial charge is 0.245 e.